The minimum absolute atomic E-state index is 0.0593. The van der Waals surface area contributed by atoms with Gasteiger partial charge in [-0.05, 0) is 24.6 Å². The number of nitrogens with zero attached hydrogens (tertiary/aromatic N) is 1. The van der Waals surface area contributed by atoms with Gasteiger partial charge in [0.05, 0.1) is 5.39 Å². The Morgan fingerprint density at radius 1 is 1.21 bits per heavy atom. The van der Waals surface area contributed by atoms with E-state index in [0.29, 0.717) is 22.9 Å². The number of aromatic amines is 1. The SMILES string of the molecule is Cc1ccc2c(=O)c(C(=O)NC(C=O)c3ccccc3)c[nH]c2n1. The van der Waals surface area contributed by atoms with Gasteiger partial charge in [-0.2, -0.15) is 0 Å². The highest BCUT2D eigenvalue weighted by Crippen LogP contribution is 2.11. The Morgan fingerprint density at radius 2 is 1.96 bits per heavy atom. The van der Waals surface area contributed by atoms with Crippen molar-refractivity contribution >= 4 is 23.2 Å². The van der Waals surface area contributed by atoms with Crippen LogP contribution >= 0.6 is 0 Å². The highest BCUT2D eigenvalue weighted by Gasteiger charge is 2.18. The Balaban J connectivity index is 1.94. The minimum Gasteiger partial charge on any atom is -0.345 e. The van der Waals surface area contributed by atoms with Crippen molar-refractivity contribution in [3.8, 4) is 0 Å². The van der Waals surface area contributed by atoms with Crippen LogP contribution in [0.4, 0.5) is 0 Å². The number of hydrogen-bond acceptors (Lipinski definition) is 4. The second kappa shape index (κ2) is 6.45. The molecule has 0 aliphatic rings. The van der Waals surface area contributed by atoms with Gasteiger partial charge in [-0.1, -0.05) is 30.3 Å². The number of hydrogen-bond donors (Lipinski definition) is 2. The van der Waals surface area contributed by atoms with Crippen LogP contribution in [0.2, 0.25) is 0 Å². The van der Waals surface area contributed by atoms with Gasteiger partial charge in [-0.15, -0.1) is 0 Å². The largest absolute Gasteiger partial charge is 0.345 e. The van der Waals surface area contributed by atoms with E-state index in [1.165, 1.54) is 6.20 Å². The summed E-state index contributed by atoms with van der Waals surface area (Å²) in [6.45, 7) is 1.81. The second-order valence-electron chi connectivity index (χ2n) is 5.38. The molecule has 0 aliphatic heterocycles. The van der Waals surface area contributed by atoms with E-state index >= 15 is 0 Å². The van der Waals surface area contributed by atoms with Gasteiger partial charge >= 0.3 is 0 Å². The van der Waals surface area contributed by atoms with Gasteiger partial charge in [0.15, 0.2) is 0 Å². The first-order valence-electron chi connectivity index (χ1n) is 7.40. The topological polar surface area (TPSA) is 91.9 Å². The van der Waals surface area contributed by atoms with Gasteiger partial charge in [0.1, 0.15) is 23.5 Å². The number of carbonyl (C=O) groups is 2. The Kier molecular flexibility index (Phi) is 4.20. The van der Waals surface area contributed by atoms with Crippen molar-refractivity contribution in [3.05, 3.63) is 75.7 Å². The van der Waals surface area contributed by atoms with Crippen molar-refractivity contribution in [2.75, 3.05) is 0 Å². The van der Waals surface area contributed by atoms with E-state index < -0.39 is 17.4 Å². The van der Waals surface area contributed by atoms with Gasteiger partial charge < -0.3 is 15.1 Å². The molecule has 0 bridgehead atoms. The molecule has 0 saturated heterocycles. The van der Waals surface area contributed by atoms with E-state index in [2.05, 4.69) is 15.3 Å². The number of aromatic nitrogens is 2. The van der Waals surface area contributed by atoms with Gasteiger partial charge in [-0.3, -0.25) is 9.59 Å². The maximum atomic E-state index is 12.5. The lowest BCUT2D eigenvalue weighted by Crippen LogP contribution is -2.33. The van der Waals surface area contributed by atoms with Crippen molar-refractivity contribution in [3.63, 3.8) is 0 Å². The van der Waals surface area contributed by atoms with E-state index in [1.807, 2.05) is 13.0 Å². The number of rotatable bonds is 4. The molecule has 0 saturated carbocycles. The summed E-state index contributed by atoms with van der Waals surface area (Å²) >= 11 is 0. The lowest BCUT2D eigenvalue weighted by atomic mass is 10.1. The van der Waals surface area contributed by atoms with E-state index in [0.717, 1.165) is 5.69 Å². The fourth-order valence-corrected chi connectivity index (χ4v) is 2.45. The molecule has 0 aliphatic carbocycles. The third kappa shape index (κ3) is 2.94. The summed E-state index contributed by atoms with van der Waals surface area (Å²) in [6, 6.07) is 11.3. The highest BCUT2D eigenvalue weighted by molar-refractivity contribution is 5.97. The summed E-state index contributed by atoms with van der Waals surface area (Å²) in [4.78, 5) is 43.3. The molecule has 6 heteroatoms. The number of aryl methyl sites for hydroxylation is 1. The summed E-state index contributed by atoms with van der Waals surface area (Å²) in [7, 11) is 0. The van der Waals surface area contributed by atoms with E-state index in [-0.39, 0.29) is 5.56 Å². The normalized spacial score (nSPS) is 11.9. The molecule has 1 aromatic carbocycles. The maximum absolute atomic E-state index is 12.5. The molecule has 120 valence electrons. The van der Waals surface area contributed by atoms with Gasteiger partial charge in [0.25, 0.3) is 5.91 Å². The molecular formula is C18H15N3O3. The minimum atomic E-state index is -0.815. The molecule has 1 unspecified atom stereocenters. The molecule has 1 atom stereocenters. The van der Waals surface area contributed by atoms with Crippen molar-refractivity contribution < 1.29 is 9.59 Å². The van der Waals surface area contributed by atoms with E-state index in [9.17, 15) is 14.4 Å². The number of aldehydes is 1. The molecule has 0 spiro atoms. The zero-order chi connectivity index (χ0) is 17.1. The standard InChI is InChI=1S/C18H15N3O3/c1-11-7-8-13-16(23)14(9-19-17(13)20-11)18(24)21-15(10-22)12-5-3-2-4-6-12/h2-10,15H,1H3,(H,21,24)(H,19,20,23). The maximum Gasteiger partial charge on any atom is 0.257 e. The van der Waals surface area contributed by atoms with Crippen LogP contribution < -0.4 is 10.7 Å². The first-order chi connectivity index (χ1) is 11.6. The molecule has 3 rings (SSSR count). The molecule has 24 heavy (non-hydrogen) atoms. The molecule has 6 nitrogen and oxygen atoms in total. The molecule has 0 fully saturated rings. The van der Waals surface area contributed by atoms with Crippen molar-refractivity contribution in [1.29, 1.82) is 0 Å². The predicted octanol–water partition coefficient (Wildman–Crippen LogP) is 1.90. The van der Waals surface area contributed by atoms with Crippen LogP contribution in [-0.2, 0) is 4.79 Å². The third-order valence-electron chi connectivity index (χ3n) is 3.70. The van der Waals surface area contributed by atoms with Crippen molar-refractivity contribution in [1.82, 2.24) is 15.3 Å². The van der Waals surface area contributed by atoms with Gasteiger partial charge in [-0.25, -0.2) is 4.98 Å². The fourth-order valence-electron chi connectivity index (χ4n) is 2.45. The van der Waals surface area contributed by atoms with Crippen LogP contribution in [0.3, 0.4) is 0 Å². The van der Waals surface area contributed by atoms with Crippen LogP contribution in [0.15, 0.2) is 53.5 Å². The summed E-state index contributed by atoms with van der Waals surface area (Å²) in [6.07, 6.45) is 1.95. The Labute approximate surface area is 137 Å². The Bertz CT molecular complexity index is 964. The molecule has 2 N–H and O–H groups in total. The lowest BCUT2D eigenvalue weighted by Gasteiger charge is -2.13. The average molecular weight is 321 g/mol. The van der Waals surface area contributed by atoms with E-state index in [4.69, 9.17) is 0 Å². The summed E-state index contributed by atoms with van der Waals surface area (Å²) < 4.78 is 0. The summed E-state index contributed by atoms with van der Waals surface area (Å²) in [5.74, 6) is -0.611. The first-order valence-corrected chi connectivity index (χ1v) is 7.40. The summed E-state index contributed by atoms with van der Waals surface area (Å²) in [5, 5.41) is 2.90. The number of amides is 1. The highest BCUT2D eigenvalue weighted by atomic mass is 16.2. The molecule has 2 heterocycles. The van der Waals surface area contributed by atoms with Gasteiger partial charge in [0, 0.05) is 11.9 Å². The number of benzene rings is 1. The van der Waals surface area contributed by atoms with Gasteiger partial charge in [0.2, 0.25) is 5.43 Å². The molecular weight excluding hydrogens is 306 g/mol. The first kappa shape index (κ1) is 15.6. The molecule has 1 amide bonds. The van der Waals surface area contributed by atoms with Crippen LogP contribution in [0.5, 0.6) is 0 Å². The average Bonchev–Trinajstić information content (AvgIpc) is 2.60. The molecule has 2 aromatic heterocycles. The third-order valence-corrected chi connectivity index (χ3v) is 3.70. The fraction of sp³-hybridized carbons (Fsp3) is 0.111. The van der Waals surface area contributed by atoms with Crippen LogP contribution in [0.25, 0.3) is 11.0 Å². The number of pyridine rings is 2. The molecule has 0 radical (unpaired) electrons. The molecule has 3 aromatic rings. The number of carbonyl (C=O) groups excluding carboxylic acids is 2. The quantitative estimate of drug-likeness (QED) is 0.718. The smallest absolute Gasteiger partial charge is 0.257 e. The zero-order valence-electron chi connectivity index (χ0n) is 12.9. The van der Waals surface area contributed by atoms with E-state index in [1.54, 1.807) is 36.4 Å². The van der Waals surface area contributed by atoms with Crippen molar-refractivity contribution in [2.24, 2.45) is 0 Å². The number of nitrogens with one attached hydrogen (secondary N) is 2. The monoisotopic (exact) mass is 321 g/mol. The number of fused-ring (bicyclic) bond motifs is 1. The Hall–Kier alpha value is -3.28. The van der Waals surface area contributed by atoms with Crippen LogP contribution in [-0.4, -0.2) is 22.2 Å². The second-order valence-corrected chi connectivity index (χ2v) is 5.38. The predicted molar refractivity (Wildman–Crippen MR) is 89.8 cm³/mol. The zero-order valence-corrected chi connectivity index (χ0v) is 12.9. The summed E-state index contributed by atoms with van der Waals surface area (Å²) in [5.41, 5.74) is 1.35. The van der Waals surface area contributed by atoms with Crippen LogP contribution in [0.1, 0.15) is 27.7 Å². The Morgan fingerprint density at radius 3 is 2.67 bits per heavy atom. The van der Waals surface area contributed by atoms with Crippen molar-refractivity contribution in [2.45, 2.75) is 13.0 Å². The van der Waals surface area contributed by atoms with Crippen LogP contribution in [0, 0.1) is 6.92 Å². The number of H-pyrrole nitrogens is 1. The lowest BCUT2D eigenvalue weighted by molar-refractivity contribution is -0.109.